The molecule has 1 fully saturated rings. The van der Waals surface area contributed by atoms with Crippen LogP contribution in [0.5, 0.6) is 0 Å². The van der Waals surface area contributed by atoms with Gasteiger partial charge < -0.3 is 4.57 Å². The van der Waals surface area contributed by atoms with E-state index in [9.17, 15) is 17.6 Å². The number of aromatic nitrogens is 1. The van der Waals surface area contributed by atoms with Crippen LogP contribution in [-0.2, 0) is 16.6 Å². The van der Waals surface area contributed by atoms with Crippen LogP contribution in [0.15, 0.2) is 52.3 Å². The van der Waals surface area contributed by atoms with Gasteiger partial charge in [-0.05, 0) is 36.6 Å². The van der Waals surface area contributed by atoms with E-state index in [0.717, 1.165) is 25.7 Å². The zero-order chi connectivity index (χ0) is 17.9. The molecular formula is C18H21FN2O3S. The van der Waals surface area contributed by atoms with Crippen LogP contribution in [0.3, 0.4) is 0 Å². The van der Waals surface area contributed by atoms with Crippen molar-refractivity contribution in [2.24, 2.45) is 0 Å². The van der Waals surface area contributed by atoms with Gasteiger partial charge in [-0.1, -0.05) is 25.0 Å². The predicted molar refractivity (Wildman–Crippen MR) is 93.4 cm³/mol. The fourth-order valence-electron chi connectivity index (χ4n) is 3.05. The summed E-state index contributed by atoms with van der Waals surface area (Å²) in [5.74, 6) is -0.390. The Hall–Kier alpha value is -1.99. The number of benzene rings is 1. The van der Waals surface area contributed by atoms with Gasteiger partial charge in [-0.3, -0.25) is 4.79 Å². The van der Waals surface area contributed by atoms with Crippen molar-refractivity contribution in [2.75, 3.05) is 13.1 Å². The predicted octanol–water partition coefficient (Wildman–Crippen LogP) is 2.60. The number of sulfonamides is 1. The van der Waals surface area contributed by atoms with Crippen molar-refractivity contribution >= 4 is 10.0 Å². The van der Waals surface area contributed by atoms with Gasteiger partial charge in [-0.2, -0.15) is 4.31 Å². The molecule has 2 heterocycles. The Labute approximate surface area is 146 Å². The molecule has 0 saturated carbocycles. The zero-order valence-corrected chi connectivity index (χ0v) is 14.7. The van der Waals surface area contributed by atoms with Crippen molar-refractivity contribution in [1.82, 2.24) is 8.87 Å². The molecular weight excluding hydrogens is 343 g/mol. The van der Waals surface area contributed by atoms with Gasteiger partial charge in [0.05, 0.1) is 11.4 Å². The summed E-state index contributed by atoms with van der Waals surface area (Å²) in [6.45, 7) is 1.14. The number of hydrogen-bond acceptors (Lipinski definition) is 3. The van der Waals surface area contributed by atoms with Crippen LogP contribution in [0.1, 0.15) is 31.2 Å². The number of nitrogens with zero attached hydrogens (tertiary/aromatic N) is 2. The van der Waals surface area contributed by atoms with Crippen molar-refractivity contribution < 1.29 is 12.8 Å². The number of halogens is 1. The molecule has 0 aliphatic carbocycles. The van der Waals surface area contributed by atoms with Gasteiger partial charge >= 0.3 is 0 Å². The van der Waals surface area contributed by atoms with Gasteiger partial charge in [0, 0.05) is 25.4 Å². The van der Waals surface area contributed by atoms with Crippen LogP contribution in [0.4, 0.5) is 4.39 Å². The van der Waals surface area contributed by atoms with E-state index in [1.165, 1.54) is 39.3 Å². The number of pyridine rings is 1. The molecule has 1 aromatic heterocycles. The van der Waals surface area contributed by atoms with Gasteiger partial charge in [0.25, 0.3) is 5.56 Å². The summed E-state index contributed by atoms with van der Waals surface area (Å²) >= 11 is 0. The Morgan fingerprint density at radius 2 is 1.72 bits per heavy atom. The first-order valence-electron chi connectivity index (χ1n) is 8.42. The van der Waals surface area contributed by atoms with E-state index in [4.69, 9.17) is 0 Å². The molecule has 0 spiro atoms. The van der Waals surface area contributed by atoms with Crippen molar-refractivity contribution in [3.8, 4) is 0 Å². The van der Waals surface area contributed by atoms with E-state index >= 15 is 0 Å². The maximum absolute atomic E-state index is 13.3. The van der Waals surface area contributed by atoms with Gasteiger partial charge in [0.15, 0.2) is 0 Å². The molecule has 1 aliphatic rings. The second-order valence-corrected chi connectivity index (χ2v) is 8.22. The Bertz CT molecular complexity index is 901. The minimum Gasteiger partial charge on any atom is -0.310 e. The molecule has 1 aromatic carbocycles. The Balaban J connectivity index is 1.91. The highest BCUT2D eigenvalue weighted by atomic mass is 32.2. The third-order valence-corrected chi connectivity index (χ3v) is 6.28. The molecule has 7 heteroatoms. The van der Waals surface area contributed by atoms with Gasteiger partial charge in [0.2, 0.25) is 10.0 Å². The van der Waals surface area contributed by atoms with Gasteiger partial charge in [-0.25, -0.2) is 12.8 Å². The summed E-state index contributed by atoms with van der Waals surface area (Å²) in [5.41, 5.74) is 0.283. The van der Waals surface area contributed by atoms with Crippen LogP contribution >= 0.6 is 0 Å². The molecule has 0 atom stereocenters. The highest BCUT2D eigenvalue weighted by molar-refractivity contribution is 7.89. The molecule has 3 rings (SSSR count). The summed E-state index contributed by atoms with van der Waals surface area (Å²) < 4.78 is 41.8. The fraction of sp³-hybridized carbons (Fsp3) is 0.389. The lowest BCUT2D eigenvalue weighted by molar-refractivity contribution is 0.423. The minimum atomic E-state index is -3.63. The number of rotatable bonds is 4. The first-order valence-corrected chi connectivity index (χ1v) is 9.86. The van der Waals surface area contributed by atoms with Crippen LogP contribution < -0.4 is 5.56 Å². The lowest BCUT2D eigenvalue weighted by atomic mass is 10.2. The van der Waals surface area contributed by atoms with E-state index < -0.39 is 10.0 Å². The van der Waals surface area contributed by atoms with E-state index in [1.54, 1.807) is 12.1 Å². The van der Waals surface area contributed by atoms with E-state index in [1.807, 2.05) is 0 Å². The average Bonchev–Trinajstić information content (AvgIpc) is 2.86. The Kier molecular flexibility index (Phi) is 5.34. The third-order valence-electron chi connectivity index (χ3n) is 4.40. The maximum Gasteiger partial charge on any atom is 0.250 e. The molecule has 0 unspecified atom stereocenters. The maximum atomic E-state index is 13.3. The molecule has 0 amide bonds. The van der Waals surface area contributed by atoms with Crippen molar-refractivity contribution in [3.63, 3.8) is 0 Å². The third kappa shape index (κ3) is 4.16. The monoisotopic (exact) mass is 364 g/mol. The smallest absolute Gasteiger partial charge is 0.250 e. The molecule has 5 nitrogen and oxygen atoms in total. The van der Waals surface area contributed by atoms with E-state index in [-0.39, 0.29) is 22.8 Å². The van der Waals surface area contributed by atoms with Crippen molar-refractivity contribution in [2.45, 2.75) is 37.1 Å². The van der Waals surface area contributed by atoms with Crippen LogP contribution in [0.25, 0.3) is 0 Å². The van der Waals surface area contributed by atoms with Crippen LogP contribution in [-0.4, -0.2) is 30.4 Å². The summed E-state index contributed by atoms with van der Waals surface area (Å²) in [7, 11) is -3.63. The lowest BCUT2D eigenvalue weighted by Crippen LogP contribution is -2.33. The summed E-state index contributed by atoms with van der Waals surface area (Å²) in [5, 5.41) is 0. The van der Waals surface area contributed by atoms with E-state index in [0.29, 0.717) is 18.7 Å². The fourth-order valence-corrected chi connectivity index (χ4v) is 4.59. The molecule has 134 valence electrons. The van der Waals surface area contributed by atoms with Crippen molar-refractivity contribution in [3.05, 3.63) is 64.3 Å². The highest BCUT2D eigenvalue weighted by Crippen LogP contribution is 2.19. The molecule has 0 bridgehead atoms. The normalized spacial score (nSPS) is 16.5. The van der Waals surface area contributed by atoms with Crippen molar-refractivity contribution in [1.29, 1.82) is 0 Å². The average molecular weight is 364 g/mol. The minimum absolute atomic E-state index is 0.102. The topological polar surface area (TPSA) is 59.4 Å². The van der Waals surface area contributed by atoms with Crippen LogP contribution in [0.2, 0.25) is 0 Å². The highest BCUT2D eigenvalue weighted by Gasteiger charge is 2.25. The second kappa shape index (κ2) is 7.49. The van der Waals surface area contributed by atoms with E-state index in [2.05, 4.69) is 0 Å². The lowest BCUT2D eigenvalue weighted by Gasteiger charge is -2.20. The standard InChI is InChI=1S/C18H21FN2O3S/c19-16-7-5-6-15(12-16)13-20-14-17(8-9-18(20)22)25(23,24)21-10-3-1-2-4-11-21/h5-9,12,14H,1-4,10-11,13H2. The largest absolute Gasteiger partial charge is 0.310 e. The second-order valence-electron chi connectivity index (χ2n) is 6.28. The molecule has 2 aromatic rings. The molecule has 0 N–H and O–H groups in total. The molecule has 1 saturated heterocycles. The quantitative estimate of drug-likeness (QED) is 0.838. The molecule has 25 heavy (non-hydrogen) atoms. The Morgan fingerprint density at radius 1 is 1.00 bits per heavy atom. The van der Waals surface area contributed by atoms with Gasteiger partial charge in [-0.15, -0.1) is 0 Å². The number of hydrogen-bond donors (Lipinski definition) is 0. The van der Waals surface area contributed by atoms with Crippen LogP contribution in [0, 0.1) is 5.82 Å². The summed E-state index contributed by atoms with van der Waals surface area (Å²) in [6, 6.07) is 8.53. The van der Waals surface area contributed by atoms with Gasteiger partial charge in [0.1, 0.15) is 5.82 Å². The summed E-state index contributed by atoms with van der Waals surface area (Å²) in [6.07, 6.45) is 5.12. The molecule has 0 radical (unpaired) electrons. The Morgan fingerprint density at radius 3 is 2.40 bits per heavy atom. The SMILES string of the molecule is O=c1ccc(S(=O)(=O)N2CCCCCC2)cn1Cc1cccc(F)c1. The summed E-state index contributed by atoms with van der Waals surface area (Å²) in [4.78, 5) is 12.2. The molecule has 1 aliphatic heterocycles. The zero-order valence-electron chi connectivity index (χ0n) is 13.9. The first kappa shape index (κ1) is 17.8. The first-order chi connectivity index (χ1) is 12.0.